The molecular formula is C14H19FSe. The fourth-order valence-electron chi connectivity index (χ4n) is 2.21. The summed E-state index contributed by atoms with van der Waals surface area (Å²) < 4.78 is 15.3. The Morgan fingerprint density at radius 2 is 1.62 bits per heavy atom. The Labute approximate surface area is 104 Å². The first-order valence-corrected chi connectivity index (χ1v) is 8.06. The Hall–Kier alpha value is -0.331. The molecule has 2 heteroatoms. The number of hydrogen-bond acceptors (Lipinski definition) is 0. The van der Waals surface area contributed by atoms with Crippen LogP contribution in [0.3, 0.4) is 0 Å². The molecule has 16 heavy (non-hydrogen) atoms. The van der Waals surface area contributed by atoms with Gasteiger partial charge in [-0.1, -0.05) is 0 Å². The summed E-state index contributed by atoms with van der Waals surface area (Å²) in [4.78, 5) is 0.315. The van der Waals surface area contributed by atoms with E-state index >= 15 is 0 Å². The average Bonchev–Trinajstić information content (AvgIpc) is 2.30. The van der Waals surface area contributed by atoms with Gasteiger partial charge in [-0.25, -0.2) is 0 Å². The molecule has 2 rings (SSSR count). The first kappa shape index (κ1) is 12.1. The van der Waals surface area contributed by atoms with Crippen LogP contribution >= 0.6 is 0 Å². The molecule has 0 bridgehead atoms. The van der Waals surface area contributed by atoms with Gasteiger partial charge in [-0.2, -0.15) is 0 Å². The number of rotatable bonds is 2. The van der Waals surface area contributed by atoms with E-state index in [0.717, 1.165) is 19.3 Å². The minimum atomic E-state index is -0.555. The predicted octanol–water partition coefficient (Wildman–Crippen LogP) is 3.50. The zero-order chi connectivity index (χ0) is 11.2. The molecular weight excluding hydrogens is 266 g/mol. The Morgan fingerprint density at radius 1 is 0.938 bits per heavy atom. The van der Waals surface area contributed by atoms with Gasteiger partial charge in [-0.05, 0) is 0 Å². The van der Waals surface area contributed by atoms with Gasteiger partial charge in [0.05, 0.1) is 0 Å². The minimum absolute atomic E-state index is 0.315. The van der Waals surface area contributed by atoms with Gasteiger partial charge >= 0.3 is 104 Å². The second-order valence-corrected chi connectivity index (χ2v) is 7.23. The van der Waals surface area contributed by atoms with Gasteiger partial charge in [0.1, 0.15) is 0 Å². The maximum absolute atomic E-state index is 14.0. The molecule has 1 saturated carbocycles. The molecule has 1 fully saturated rings. The summed E-state index contributed by atoms with van der Waals surface area (Å²) >= 11 is 0.317. The van der Waals surface area contributed by atoms with Crippen LogP contribution in [0.5, 0.6) is 0 Å². The van der Waals surface area contributed by atoms with E-state index in [0.29, 0.717) is 19.8 Å². The zero-order valence-corrected chi connectivity index (χ0v) is 11.3. The van der Waals surface area contributed by atoms with Crippen molar-refractivity contribution in [2.75, 3.05) is 0 Å². The number of alkyl halides is 1. The first-order chi connectivity index (χ1) is 7.86. The van der Waals surface area contributed by atoms with Crippen LogP contribution in [0.15, 0.2) is 30.3 Å². The molecule has 0 amide bonds. The molecule has 0 aliphatic heterocycles. The van der Waals surface area contributed by atoms with Crippen LogP contribution in [0, 0.1) is 0 Å². The van der Waals surface area contributed by atoms with Crippen LogP contribution in [0.4, 0.5) is 4.39 Å². The van der Waals surface area contributed by atoms with E-state index in [2.05, 4.69) is 24.3 Å². The SMILES string of the molecule is F[C@@H]1CCCCCC[C@H]1[Se]c1ccccc1. The molecule has 1 aliphatic rings. The Balaban J connectivity index is 1.95. The van der Waals surface area contributed by atoms with E-state index in [9.17, 15) is 4.39 Å². The maximum atomic E-state index is 14.0. The molecule has 0 unspecified atom stereocenters. The Kier molecular flexibility index (Phi) is 4.87. The standard InChI is InChI=1S/C14H19FSe/c15-13-10-6-1-2-7-11-14(13)16-12-8-4-3-5-9-12/h3-5,8-9,13-14H,1-2,6-7,10-11H2/t13-,14-/m1/s1. The Bertz CT molecular complexity index is 299. The van der Waals surface area contributed by atoms with Gasteiger partial charge in [0.25, 0.3) is 0 Å². The summed E-state index contributed by atoms with van der Waals surface area (Å²) in [6.45, 7) is 0. The van der Waals surface area contributed by atoms with E-state index in [1.54, 1.807) is 0 Å². The van der Waals surface area contributed by atoms with Gasteiger partial charge in [0, 0.05) is 0 Å². The van der Waals surface area contributed by atoms with Crippen LogP contribution in [0.25, 0.3) is 0 Å². The molecule has 0 radical (unpaired) electrons. The molecule has 0 N–H and O–H groups in total. The predicted molar refractivity (Wildman–Crippen MR) is 68.2 cm³/mol. The monoisotopic (exact) mass is 286 g/mol. The fraction of sp³-hybridized carbons (Fsp3) is 0.571. The van der Waals surface area contributed by atoms with Crippen molar-refractivity contribution >= 4 is 19.4 Å². The topological polar surface area (TPSA) is 0 Å². The van der Waals surface area contributed by atoms with E-state index in [1.807, 2.05) is 6.07 Å². The molecule has 2 atom stereocenters. The summed E-state index contributed by atoms with van der Waals surface area (Å²) in [6.07, 6.45) is 6.16. The van der Waals surface area contributed by atoms with Crippen molar-refractivity contribution in [2.45, 2.75) is 49.5 Å². The summed E-state index contributed by atoms with van der Waals surface area (Å²) in [7, 11) is 0. The van der Waals surface area contributed by atoms with Gasteiger partial charge in [-0.3, -0.25) is 0 Å². The van der Waals surface area contributed by atoms with Gasteiger partial charge in [0.2, 0.25) is 0 Å². The average molecular weight is 285 g/mol. The summed E-state index contributed by atoms with van der Waals surface area (Å²) in [5.41, 5.74) is 0. The molecule has 1 aromatic rings. The number of hydrogen-bond donors (Lipinski definition) is 0. The summed E-state index contributed by atoms with van der Waals surface area (Å²) in [5.74, 6) is 0. The molecule has 0 aromatic heterocycles. The molecule has 0 nitrogen and oxygen atoms in total. The van der Waals surface area contributed by atoms with Crippen molar-refractivity contribution in [3.05, 3.63) is 30.3 Å². The van der Waals surface area contributed by atoms with Crippen molar-refractivity contribution in [1.29, 1.82) is 0 Å². The van der Waals surface area contributed by atoms with Crippen molar-refractivity contribution in [3.8, 4) is 0 Å². The number of benzene rings is 1. The van der Waals surface area contributed by atoms with Crippen LogP contribution in [0.1, 0.15) is 38.5 Å². The first-order valence-electron chi connectivity index (χ1n) is 6.22. The van der Waals surface area contributed by atoms with E-state index < -0.39 is 6.17 Å². The van der Waals surface area contributed by atoms with Crippen LogP contribution in [0.2, 0.25) is 4.82 Å². The van der Waals surface area contributed by atoms with E-state index in [4.69, 9.17) is 0 Å². The van der Waals surface area contributed by atoms with Gasteiger partial charge < -0.3 is 0 Å². The third-order valence-electron chi connectivity index (χ3n) is 3.15. The quantitative estimate of drug-likeness (QED) is 0.730. The fourth-order valence-corrected chi connectivity index (χ4v) is 4.80. The molecule has 0 saturated heterocycles. The second-order valence-electron chi connectivity index (χ2n) is 4.48. The van der Waals surface area contributed by atoms with Crippen LogP contribution in [-0.4, -0.2) is 21.1 Å². The molecule has 88 valence electrons. The van der Waals surface area contributed by atoms with Crippen LogP contribution < -0.4 is 4.46 Å². The molecule has 0 spiro atoms. The molecule has 0 heterocycles. The van der Waals surface area contributed by atoms with Crippen molar-refractivity contribution < 1.29 is 4.39 Å². The zero-order valence-electron chi connectivity index (χ0n) is 9.57. The molecule has 1 aliphatic carbocycles. The van der Waals surface area contributed by atoms with E-state index in [1.165, 1.54) is 23.7 Å². The van der Waals surface area contributed by atoms with Gasteiger partial charge in [0.15, 0.2) is 0 Å². The Morgan fingerprint density at radius 3 is 2.38 bits per heavy atom. The van der Waals surface area contributed by atoms with Crippen molar-refractivity contribution in [3.63, 3.8) is 0 Å². The number of halogens is 1. The summed E-state index contributed by atoms with van der Waals surface area (Å²) in [6, 6.07) is 10.4. The van der Waals surface area contributed by atoms with Gasteiger partial charge in [-0.15, -0.1) is 0 Å². The van der Waals surface area contributed by atoms with Crippen LogP contribution in [-0.2, 0) is 0 Å². The second kappa shape index (κ2) is 6.42. The van der Waals surface area contributed by atoms with E-state index in [-0.39, 0.29) is 0 Å². The third-order valence-corrected chi connectivity index (χ3v) is 6.04. The summed E-state index contributed by atoms with van der Waals surface area (Å²) in [5, 5.41) is 0. The van der Waals surface area contributed by atoms with Crippen molar-refractivity contribution in [1.82, 2.24) is 0 Å². The third kappa shape index (κ3) is 3.61. The normalized spacial score (nSPS) is 27.1. The van der Waals surface area contributed by atoms with Crippen molar-refractivity contribution in [2.24, 2.45) is 0 Å². The molecule has 1 aromatic carbocycles.